The third-order valence-corrected chi connectivity index (χ3v) is 13.2. The molecule has 1 aromatic heterocycles. The summed E-state index contributed by atoms with van der Waals surface area (Å²) in [5.41, 5.74) is 1.68. The number of hydrogen-bond acceptors (Lipinski definition) is 7. The Morgan fingerprint density at radius 3 is 2.35 bits per heavy atom. The highest BCUT2D eigenvalue weighted by Gasteiger charge is 2.69. The molecule has 3 aliphatic heterocycles. The first kappa shape index (κ1) is 27.6. The Labute approximate surface area is 265 Å². The summed E-state index contributed by atoms with van der Waals surface area (Å²) in [6, 6.07) is 15.2. The highest BCUT2D eigenvalue weighted by atomic mass is 79.9. The SMILES string of the molecule is O=C(COc1ccc([C@@H]2c3sc(=O)[nH]c3S[C@@H]3[C@@H]4C[C@@H]([C@@H]5C(=O)N(c6ccc(Br)cc6)C(=O)[C@@H]45)[C@H]23)cc1)N1CCCCC1. The second kappa shape index (κ2) is 10.6. The number of halogens is 1. The number of thioether (sulfide) groups is 1. The van der Waals surface area contributed by atoms with Crippen molar-refractivity contribution in [3.63, 3.8) is 0 Å². The van der Waals surface area contributed by atoms with Crippen LogP contribution in [-0.4, -0.2) is 52.6 Å². The number of carbonyl (C=O) groups excluding carboxylic acids is 3. The van der Waals surface area contributed by atoms with Crippen molar-refractivity contribution < 1.29 is 19.1 Å². The number of aromatic amines is 1. The van der Waals surface area contributed by atoms with E-state index >= 15 is 0 Å². The highest BCUT2D eigenvalue weighted by Crippen LogP contribution is 2.68. The lowest BCUT2D eigenvalue weighted by molar-refractivity contribution is -0.134. The zero-order valence-electron chi connectivity index (χ0n) is 23.2. The zero-order chi connectivity index (χ0) is 29.4. The molecule has 3 amide bonds. The number of rotatable bonds is 5. The first-order chi connectivity index (χ1) is 20.9. The summed E-state index contributed by atoms with van der Waals surface area (Å²) in [4.78, 5) is 60.1. The Morgan fingerprint density at radius 2 is 1.63 bits per heavy atom. The Kier molecular flexibility index (Phi) is 6.83. The van der Waals surface area contributed by atoms with Crippen LogP contribution in [0.15, 0.2) is 62.8 Å². The van der Waals surface area contributed by atoms with Crippen molar-refractivity contribution >= 4 is 62.4 Å². The first-order valence-electron chi connectivity index (χ1n) is 14.9. The van der Waals surface area contributed by atoms with Crippen LogP contribution in [0.5, 0.6) is 5.75 Å². The maximum absolute atomic E-state index is 13.9. The molecular formula is C32H30BrN3O5S2. The minimum Gasteiger partial charge on any atom is -0.484 e. The van der Waals surface area contributed by atoms with Gasteiger partial charge in [-0.2, -0.15) is 0 Å². The molecule has 2 aromatic carbocycles. The van der Waals surface area contributed by atoms with Crippen LogP contribution in [0.4, 0.5) is 5.69 Å². The molecule has 0 unspecified atom stereocenters. The lowest BCUT2D eigenvalue weighted by Gasteiger charge is -2.43. The van der Waals surface area contributed by atoms with Crippen LogP contribution in [-0.2, 0) is 14.4 Å². The Balaban J connectivity index is 1.08. The molecule has 11 heteroatoms. The van der Waals surface area contributed by atoms with Gasteiger partial charge >= 0.3 is 4.87 Å². The number of benzene rings is 2. The summed E-state index contributed by atoms with van der Waals surface area (Å²) in [6.07, 6.45) is 4.10. The van der Waals surface area contributed by atoms with Crippen LogP contribution < -0.4 is 14.5 Å². The zero-order valence-corrected chi connectivity index (χ0v) is 26.5. The largest absolute Gasteiger partial charge is 0.484 e. The van der Waals surface area contributed by atoms with E-state index in [1.54, 1.807) is 11.8 Å². The monoisotopic (exact) mass is 679 g/mol. The van der Waals surface area contributed by atoms with Gasteiger partial charge in [0.25, 0.3) is 5.91 Å². The number of nitrogens with zero attached hydrogens (tertiary/aromatic N) is 2. The smallest absolute Gasteiger partial charge is 0.305 e. The molecule has 5 aliphatic rings. The van der Waals surface area contributed by atoms with Gasteiger partial charge < -0.3 is 14.6 Å². The van der Waals surface area contributed by atoms with Crippen LogP contribution in [0, 0.1) is 29.6 Å². The van der Waals surface area contributed by atoms with E-state index in [2.05, 4.69) is 20.9 Å². The number of imide groups is 1. The van der Waals surface area contributed by atoms with Gasteiger partial charge in [-0.25, -0.2) is 0 Å². The minimum absolute atomic E-state index is 0.0159. The van der Waals surface area contributed by atoms with Crippen LogP contribution in [0.1, 0.15) is 42.0 Å². The molecular weight excluding hydrogens is 650 g/mol. The second-order valence-corrected chi connectivity index (χ2v) is 15.4. The fourth-order valence-corrected chi connectivity index (χ4v) is 11.5. The number of thiazole rings is 1. The molecule has 7 atom stereocenters. The lowest BCUT2D eigenvalue weighted by atomic mass is 9.68. The molecule has 4 fully saturated rings. The minimum atomic E-state index is -0.342. The van der Waals surface area contributed by atoms with E-state index in [1.807, 2.05) is 53.4 Å². The van der Waals surface area contributed by atoms with Crippen molar-refractivity contribution in [2.45, 2.75) is 41.9 Å². The highest BCUT2D eigenvalue weighted by molar-refractivity contribution is 9.10. The summed E-state index contributed by atoms with van der Waals surface area (Å²) in [6.45, 7) is 1.61. The van der Waals surface area contributed by atoms with E-state index in [1.165, 1.54) is 22.7 Å². The van der Waals surface area contributed by atoms with Gasteiger partial charge in [-0.1, -0.05) is 39.4 Å². The molecule has 2 aliphatic carbocycles. The van der Waals surface area contributed by atoms with Gasteiger partial charge in [0.15, 0.2) is 6.61 Å². The number of aromatic nitrogens is 1. The third-order valence-electron chi connectivity index (χ3n) is 10.1. The van der Waals surface area contributed by atoms with E-state index in [9.17, 15) is 19.2 Å². The molecule has 8 rings (SSSR count). The van der Waals surface area contributed by atoms with Gasteiger partial charge in [-0.15, -0.1) is 11.8 Å². The van der Waals surface area contributed by atoms with Gasteiger partial charge in [-0.3, -0.25) is 24.1 Å². The van der Waals surface area contributed by atoms with Gasteiger partial charge in [-0.05, 0) is 85.4 Å². The molecule has 2 saturated heterocycles. The van der Waals surface area contributed by atoms with Crippen molar-refractivity contribution in [2.75, 3.05) is 24.6 Å². The Bertz CT molecular complexity index is 1670. The molecule has 222 valence electrons. The number of piperidine rings is 1. The summed E-state index contributed by atoms with van der Waals surface area (Å²) >= 11 is 6.38. The van der Waals surface area contributed by atoms with Crippen LogP contribution >= 0.6 is 39.0 Å². The van der Waals surface area contributed by atoms with Crippen molar-refractivity contribution in [3.8, 4) is 5.75 Å². The number of ether oxygens (including phenoxy) is 1. The Morgan fingerprint density at radius 1 is 0.930 bits per heavy atom. The third kappa shape index (κ3) is 4.44. The van der Waals surface area contributed by atoms with E-state index in [0.29, 0.717) is 11.4 Å². The van der Waals surface area contributed by atoms with Crippen LogP contribution in [0.3, 0.4) is 0 Å². The maximum atomic E-state index is 13.9. The fraction of sp³-hybridized carbons (Fsp3) is 0.438. The van der Waals surface area contributed by atoms with Gasteiger partial charge in [0.05, 0.1) is 22.5 Å². The summed E-state index contributed by atoms with van der Waals surface area (Å²) in [5.74, 6) is -0.00825. The molecule has 3 aromatic rings. The maximum Gasteiger partial charge on any atom is 0.305 e. The van der Waals surface area contributed by atoms with Gasteiger partial charge in [0, 0.05) is 33.6 Å². The number of nitrogens with one attached hydrogen (secondary N) is 1. The quantitative estimate of drug-likeness (QED) is 0.369. The van der Waals surface area contributed by atoms with Crippen molar-refractivity contribution in [2.24, 2.45) is 29.6 Å². The van der Waals surface area contributed by atoms with E-state index in [4.69, 9.17) is 4.74 Å². The Hall–Kier alpha value is -2.89. The van der Waals surface area contributed by atoms with Crippen molar-refractivity contribution in [1.82, 2.24) is 9.88 Å². The van der Waals surface area contributed by atoms with Crippen molar-refractivity contribution in [1.29, 1.82) is 0 Å². The fourth-order valence-electron chi connectivity index (χ4n) is 8.39. The van der Waals surface area contributed by atoms with Crippen LogP contribution in [0.2, 0.25) is 0 Å². The number of H-pyrrole nitrogens is 1. The van der Waals surface area contributed by atoms with Crippen molar-refractivity contribution in [3.05, 3.63) is 73.1 Å². The van der Waals surface area contributed by atoms with Gasteiger partial charge in [0.2, 0.25) is 11.8 Å². The number of likely N-dealkylation sites (tertiary alicyclic amines) is 1. The number of carbonyl (C=O) groups is 3. The number of anilines is 1. The van der Waals surface area contributed by atoms with E-state index < -0.39 is 0 Å². The van der Waals surface area contributed by atoms with E-state index in [-0.39, 0.29) is 70.0 Å². The second-order valence-electron chi connectivity index (χ2n) is 12.2. The molecule has 2 bridgehead atoms. The molecule has 1 N–H and O–H groups in total. The average molecular weight is 681 g/mol. The average Bonchev–Trinajstić information content (AvgIpc) is 3.76. The molecule has 0 spiro atoms. The molecule has 0 radical (unpaired) electrons. The standard InChI is InChI=1S/C32H30BrN3O5S2/c33-17-6-8-18(9-7-17)36-30(38)25-20-14-21(26(25)31(36)39)27-24(20)23(28-29(42-27)34-32(40)43-28)16-4-10-19(11-5-16)41-15-22(37)35-12-2-1-3-13-35/h4-11,20-21,23-27H,1-3,12-15H2,(H,34,40)/t20-,21-,23+,24-,25+,26+,27-/m1/s1. The number of fused-ring (bicyclic) bond motifs is 9. The molecule has 4 heterocycles. The predicted molar refractivity (Wildman–Crippen MR) is 167 cm³/mol. The number of hydrogen-bond donors (Lipinski definition) is 1. The molecule has 43 heavy (non-hydrogen) atoms. The number of amides is 3. The lowest BCUT2D eigenvalue weighted by Crippen LogP contribution is -2.42. The summed E-state index contributed by atoms with van der Waals surface area (Å²) < 4.78 is 6.77. The predicted octanol–water partition coefficient (Wildman–Crippen LogP) is 5.27. The molecule has 2 saturated carbocycles. The molecule has 8 nitrogen and oxygen atoms in total. The summed E-state index contributed by atoms with van der Waals surface area (Å²) in [7, 11) is 0. The van der Waals surface area contributed by atoms with Gasteiger partial charge in [0.1, 0.15) is 5.75 Å². The normalized spacial score (nSPS) is 30.8. The summed E-state index contributed by atoms with van der Waals surface area (Å²) in [5, 5.41) is 1.02. The first-order valence-corrected chi connectivity index (χ1v) is 17.4. The van der Waals surface area contributed by atoms with Crippen LogP contribution in [0.25, 0.3) is 0 Å². The topological polar surface area (TPSA) is 99.8 Å². The van der Waals surface area contributed by atoms with E-state index in [0.717, 1.165) is 52.3 Å².